The summed E-state index contributed by atoms with van der Waals surface area (Å²) in [5.74, 6) is 1.36. The predicted octanol–water partition coefficient (Wildman–Crippen LogP) is 7.36. The fraction of sp³-hybridized carbons (Fsp3) is 0.103. The van der Waals surface area contributed by atoms with Crippen LogP contribution in [0.4, 0.5) is 5.69 Å². The molecule has 2 heterocycles. The Morgan fingerprint density at radius 1 is 0.618 bits per heavy atom. The van der Waals surface area contributed by atoms with Gasteiger partial charge in [0.2, 0.25) is 0 Å². The molecule has 2 aliphatic rings. The van der Waals surface area contributed by atoms with Crippen molar-refractivity contribution in [2.24, 2.45) is 0 Å². The summed E-state index contributed by atoms with van der Waals surface area (Å²) in [6, 6.07) is 34.8. The van der Waals surface area contributed by atoms with Crippen LogP contribution in [0, 0.1) is 13.8 Å². The molecule has 4 aromatic rings. The fourth-order valence-electron chi connectivity index (χ4n) is 4.50. The average Bonchev–Trinajstić information content (AvgIpc) is 3.37. The zero-order chi connectivity index (χ0) is 23.2. The van der Waals surface area contributed by atoms with Gasteiger partial charge in [-0.2, -0.15) is 0 Å². The van der Waals surface area contributed by atoms with E-state index in [1.165, 1.54) is 11.1 Å². The van der Waals surface area contributed by atoms with E-state index < -0.39 is 7.43 Å². The summed E-state index contributed by atoms with van der Waals surface area (Å²) in [4.78, 5) is 0. The summed E-state index contributed by atoms with van der Waals surface area (Å²) >= 11 is 0. The Bertz CT molecular complexity index is 1340. The van der Waals surface area contributed by atoms with Crippen LogP contribution in [-0.2, 0) is 20.2 Å². The van der Waals surface area contributed by atoms with Gasteiger partial charge in [-0.25, -0.2) is 0 Å². The summed E-state index contributed by atoms with van der Waals surface area (Å²) < 4.78 is 20.7. The third kappa shape index (κ3) is 3.30. The predicted molar refractivity (Wildman–Crippen MR) is 139 cm³/mol. The molecule has 0 saturated heterocycles. The van der Waals surface area contributed by atoms with Gasteiger partial charge in [-0.15, -0.1) is 0 Å². The van der Waals surface area contributed by atoms with E-state index in [2.05, 4.69) is 79.6 Å². The van der Waals surface area contributed by atoms with Gasteiger partial charge in [0.15, 0.2) is 0 Å². The maximum absolute atomic E-state index is 7.01. The minimum atomic E-state index is -4.04. The minimum absolute atomic E-state index is 0.413. The van der Waals surface area contributed by atoms with E-state index in [1.807, 2.05) is 42.5 Å². The molecule has 4 nitrogen and oxygen atoms in total. The Balaban J connectivity index is 1.57. The van der Waals surface area contributed by atoms with Crippen LogP contribution < -0.4 is 10.4 Å². The van der Waals surface area contributed by atoms with Crippen LogP contribution in [0.5, 0.6) is 0 Å². The monoisotopic (exact) mass is 467 g/mol. The zero-order valence-corrected chi connectivity index (χ0v) is 20.1. The van der Waals surface area contributed by atoms with Gasteiger partial charge in [0, 0.05) is 0 Å². The number of fused-ring (bicyclic) bond motifs is 2. The summed E-state index contributed by atoms with van der Waals surface area (Å²) in [5, 5.41) is 4.56. The molecule has 0 radical (unpaired) electrons. The van der Waals surface area contributed by atoms with Crippen molar-refractivity contribution in [3.63, 3.8) is 0 Å². The standard InChI is InChI=1S/C29H26NO3P/c1-21-12-16-23(17-13-21)28-29(24-18-14-22(2)15-19-24)33-34(32-28,30-26-9-4-3-5-10-26)27-11-7-6-8-25(27)20-31-34/h3-19,30H,20H2,1-2H3. The first-order valence-electron chi connectivity index (χ1n) is 11.4. The summed E-state index contributed by atoms with van der Waals surface area (Å²) in [7, 11) is -4.04. The van der Waals surface area contributed by atoms with E-state index in [1.54, 1.807) is 0 Å². The van der Waals surface area contributed by atoms with Crippen molar-refractivity contribution in [2.75, 3.05) is 5.09 Å². The fourth-order valence-corrected chi connectivity index (χ4v) is 8.24. The molecule has 1 N–H and O–H groups in total. The molecule has 0 atom stereocenters. The zero-order valence-electron chi connectivity index (χ0n) is 19.2. The molecule has 0 saturated carbocycles. The molecule has 0 aliphatic carbocycles. The van der Waals surface area contributed by atoms with E-state index in [4.69, 9.17) is 13.6 Å². The first-order valence-corrected chi connectivity index (χ1v) is 13.4. The molecule has 0 aromatic heterocycles. The third-order valence-electron chi connectivity index (χ3n) is 6.31. The van der Waals surface area contributed by atoms with Crippen LogP contribution in [0.2, 0.25) is 0 Å². The van der Waals surface area contributed by atoms with Crippen LogP contribution in [0.3, 0.4) is 0 Å². The van der Waals surface area contributed by atoms with E-state index >= 15 is 0 Å². The number of nitrogens with one attached hydrogen (secondary N) is 1. The Hall–Kier alpha value is -3.59. The Morgan fingerprint density at radius 3 is 1.74 bits per heavy atom. The second-order valence-corrected chi connectivity index (χ2v) is 11.9. The van der Waals surface area contributed by atoms with Gasteiger partial charge < -0.3 is 0 Å². The quantitative estimate of drug-likeness (QED) is 0.318. The van der Waals surface area contributed by atoms with E-state index in [-0.39, 0.29) is 0 Å². The van der Waals surface area contributed by atoms with Gasteiger partial charge in [0.1, 0.15) is 0 Å². The van der Waals surface area contributed by atoms with Crippen molar-refractivity contribution in [2.45, 2.75) is 20.5 Å². The first-order chi connectivity index (χ1) is 16.5. The second kappa shape index (κ2) is 7.73. The molecule has 0 bridgehead atoms. The van der Waals surface area contributed by atoms with E-state index in [0.717, 1.165) is 27.7 Å². The molecule has 0 fully saturated rings. The summed E-state index contributed by atoms with van der Waals surface area (Å²) in [5.41, 5.74) is 6.22. The van der Waals surface area contributed by atoms with Crippen molar-refractivity contribution < 1.29 is 13.6 Å². The van der Waals surface area contributed by atoms with E-state index in [0.29, 0.717) is 18.1 Å². The molecule has 5 heteroatoms. The summed E-state index contributed by atoms with van der Waals surface area (Å²) in [6.07, 6.45) is 0. The topological polar surface area (TPSA) is 39.7 Å². The molecule has 4 aromatic carbocycles. The number of aryl methyl sites for hydroxylation is 2. The van der Waals surface area contributed by atoms with Crippen molar-refractivity contribution in [3.05, 3.63) is 131 Å². The number of rotatable bonds is 4. The van der Waals surface area contributed by atoms with Crippen LogP contribution in [-0.4, -0.2) is 0 Å². The number of benzene rings is 4. The van der Waals surface area contributed by atoms with Crippen molar-refractivity contribution in [3.8, 4) is 0 Å². The molecule has 1 spiro atoms. The first kappa shape index (κ1) is 21.0. The van der Waals surface area contributed by atoms with Crippen LogP contribution in [0.25, 0.3) is 11.5 Å². The van der Waals surface area contributed by atoms with Crippen molar-refractivity contribution >= 4 is 29.9 Å². The molecule has 170 valence electrons. The Labute approximate surface area is 200 Å². The van der Waals surface area contributed by atoms with Gasteiger partial charge in [-0.05, 0) is 0 Å². The second-order valence-electron chi connectivity index (χ2n) is 8.84. The normalized spacial score (nSPS) is 18.5. The number of para-hydroxylation sites is 1. The Kier molecular flexibility index (Phi) is 4.77. The van der Waals surface area contributed by atoms with Crippen LogP contribution in [0.15, 0.2) is 103 Å². The van der Waals surface area contributed by atoms with Gasteiger partial charge >= 0.3 is 200 Å². The molecule has 2 aliphatic heterocycles. The number of anilines is 1. The molecule has 0 unspecified atom stereocenters. The molecule has 34 heavy (non-hydrogen) atoms. The maximum atomic E-state index is 7.01. The third-order valence-corrected chi connectivity index (χ3v) is 9.84. The van der Waals surface area contributed by atoms with Gasteiger partial charge in [0.25, 0.3) is 0 Å². The Morgan fingerprint density at radius 2 is 1.15 bits per heavy atom. The van der Waals surface area contributed by atoms with Crippen LogP contribution in [0.1, 0.15) is 27.8 Å². The van der Waals surface area contributed by atoms with Crippen LogP contribution >= 0.6 is 7.43 Å². The van der Waals surface area contributed by atoms with Gasteiger partial charge in [-0.1, -0.05) is 0 Å². The van der Waals surface area contributed by atoms with Crippen molar-refractivity contribution in [1.82, 2.24) is 0 Å². The molecular weight excluding hydrogens is 441 g/mol. The van der Waals surface area contributed by atoms with Gasteiger partial charge in [0.05, 0.1) is 0 Å². The van der Waals surface area contributed by atoms with Crippen molar-refractivity contribution in [1.29, 1.82) is 0 Å². The number of hydrogen-bond acceptors (Lipinski definition) is 4. The molecular formula is C29H26NO3P. The van der Waals surface area contributed by atoms with E-state index in [9.17, 15) is 0 Å². The SMILES string of the molecule is Cc1ccc(C2=C(c3ccc(C)cc3)OP3(Nc4ccccc4)(OCc4ccccc43)O2)cc1. The van der Waals surface area contributed by atoms with Gasteiger partial charge in [-0.3, -0.25) is 0 Å². The molecule has 0 amide bonds. The summed E-state index contributed by atoms with van der Waals surface area (Å²) in [6.45, 7) is 4.57. The molecule has 6 rings (SSSR count). The average molecular weight is 468 g/mol. The number of hydrogen-bond donors (Lipinski definition) is 1.